The number of H-pyrrole nitrogens is 1. The molecular weight excluding hydrogens is 414 g/mol. The Kier molecular flexibility index (Phi) is 5.37. The molecule has 2 heterocycles. The molecule has 11 heteroatoms. The van der Waals surface area contributed by atoms with E-state index in [1.54, 1.807) is 16.7 Å². The first-order valence-electron chi connectivity index (χ1n) is 9.62. The van der Waals surface area contributed by atoms with Gasteiger partial charge in [0.05, 0.1) is 17.7 Å². The maximum atomic E-state index is 12.6. The number of aryl methyl sites for hydroxylation is 2. The van der Waals surface area contributed by atoms with Crippen molar-refractivity contribution in [2.75, 3.05) is 5.43 Å². The van der Waals surface area contributed by atoms with Crippen LogP contribution in [0.15, 0.2) is 63.2 Å². The first-order chi connectivity index (χ1) is 15.3. The van der Waals surface area contributed by atoms with Crippen LogP contribution in [0.3, 0.4) is 0 Å². The summed E-state index contributed by atoms with van der Waals surface area (Å²) < 4.78 is 2.90. The summed E-state index contributed by atoms with van der Waals surface area (Å²) in [5.74, 6) is 0.269. The number of aromatic amines is 1. The molecule has 0 amide bonds. The Labute approximate surface area is 180 Å². The lowest BCUT2D eigenvalue weighted by atomic mass is 10.1. The second-order valence-electron chi connectivity index (χ2n) is 7.22. The molecule has 0 aliphatic carbocycles. The van der Waals surface area contributed by atoms with Gasteiger partial charge in [-0.3, -0.25) is 29.0 Å². The molecule has 2 aromatic heterocycles. The number of benzene rings is 2. The van der Waals surface area contributed by atoms with E-state index < -0.39 is 16.2 Å². The highest BCUT2D eigenvalue weighted by molar-refractivity contribution is 5.81. The molecule has 0 fully saturated rings. The van der Waals surface area contributed by atoms with E-state index in [4.69, 9.17) is 0 Å². The van der Waals surface area contributed by atoms with E-state index >= 15 is 0 Å². The average molecular weight is 433 g/mol. The predicted octanol–water partition coefficient (Wildman–Crippen LogP) is 2.13. The van der Waals surface area contributed by atoms with Crippen molar-refractivity contribution in [2.24, 2.45) is 12.1 Å². The topological polar surface area (TPSA) is 140 Å². The van der Waals surface area contributed by atoms with Gasteiger partial charge < -0.3 is 0 Å². The third-order valence-electron chi connectivity index (χ3n) is 4.95. The summed E-state index contributed by atoms with van der Waals surface area (Å²) >= 11 is 0. The standard InChI is InChI=1S/C21H19N7O4/c1-13-3-5-15(6-4-13)12-27-17-18(26(2)21(30)24-19(17)29)23-20(27)25-22-11-14-7-9-16(10-8-14)28(31)32/h3-11H,12H2,1-2H3,(H,23,25)(H,24,29,30). The van der Waals surface area contributed by atoms with Crippen molar-refractivity contribution in [2.45, 2.75) is 13.5 Å². The fourth-order valence-corrected chi connectivity index (χ4v) is 3.20. The van der Waals surface area contributed by atoms with Gasteiger partial charge in [0.25, 0.3) is 11.2 Å². The van der Waals surface area contributed by atoms with Crippen LogP contribution in [0.1, 0.15) is 16.7 Å². The number of hydrogen-bond acceptors (Lipinski definition) is 7. The van der Waals surface area contributed by atoms with Gasteiger partial charge in [-0.05, 0) is 30.2 Å². The average Bonchev–Trinajstić information content (AvgIpc) is 3.13. The smallest absolute Gasteiger partial charge is 0.298 e. The number of hydrogen-bond donors (Lipinski definition) is 2. The molecule has 0 radical (unpaired) electrons. The normalized spacial score (nSPS) is 11.3. The van der Waals surface area contributed by atoms with E-state index in [2.05, 4.69) is 20.5 Å². The molecule has 0 spiro atoms. The SMILES string of the molecule is Cc1ccc(Cn2c(NN=Cc3ccc([N+](=O)[O-])cc3)nc3c2c(=O)[nH]c(=O)n3C)cc1. The molecule has 0 saturated heterocycles. The highest BCUT2D eigenvalue weighted by Gasteiger charge is 2.17. The number of nitrogens with zero attached hydrogens (tertiary/aromatic N) is 5. The number of anilines is 1. The third kappa shape index (κ3) is 4.03. The number of hydrazone groups is 1. The summed E-state index contributed by atoms with van der Waals surface area (Å²) in [7, 11) is 1.52. The number of imidazole rings is 1. The van der Waals surface area contributed by atoms with Crippen LogP contribution in [0.5, 0.6) is 0 Å². The molecular formula is C21H19N7O4. The third-order valence-corrected chi connectivity index (χ3v) is 4.95. The molecule has 0 aliphatic rings. The quantitative estimate of drug-likeness (QED) is 0.271. The highest BCUT2D eigenvalue weighted by atomic mass is 16.6. The zero-order valence-electron chi connectivity index (χ0n) is 17.3. The maximum Gasteiger partial charge on any atom is 0.329 e. The van der Waals surface area contributed by atoms with Crippen molar-refractivity contribution in [1.29, 1.82) is 0 Å². The van der Waals surface area contributed by atoms with E-state index in [1.165, 1.54) is 30.0 Å². The lowest BCUT2D eigenvalue weighted by molar-refractivity contribution is -0.384. The fraction of sp³-hybridized carbons (Fsp3) is 0.143. The van der Waals surface area contributed by atoms with Crippen LogP contribution in [0.25, 0.3) is 11.2 Å². The molecule has 162 valence electrons. The van der Waals surface area contributed by atoms with Gasteiger partial charge in [-0.2, -0.15) is 10.1 Å². The van der Waals surface area contributed by atoms with E-state index in [0.717, 1.165) is 11.1 Å². The maximum absolute atomic E-state index is 12.6. The number of non-ortho nitro benzene ring substituents is 1. The zero-order chi connectivity index (χ0) is 22.8. The largest absolute Gasteiger partial charge is 0.329 e. The van der Waals surface area contributed by atoms with Crippen molar-refractivity contribution in [3.05, 3.63) is 96.2 Å². The predicted molar refractivity (Wildman–Crippen MR) is 120 cm³/mol. The van der Waals surface area contributed by atoms with E-state index in [0.29, 0.717) is 12.1 Å². The Morgan fingerprint density at radius 1 is 1.16 bits per heavy atom. The Morgan fingerprint density at radius 2 is 1.84 bits per heavy atom. The van der Waals surface area contributed by atoms with Crippen LogP contribution in [-0.4, -0.2) is 30.2 Å². The lowest BCUT2D eigenvalue weighted by Gasteiger charge is -2.08. The molecule has 0 aliphatic heterocycles. The molecule has 2 N–H and O–H groups in total. The number of aromatic nitrogens is 4. The van der Waals surface area contributed by atoms with Crippen LogP contribution in [0, 0.1) is 17.0 Å². The Bertz CT molecular complexity index is 1450. The van der Waals surface area contributed by atoms with Crippen LogP contribution < -0.4 is 16.7 Å². The number of nitro groups is 1. The van der Waals surface area contributed by atoms with Gasteiger partial charge in [0.1, 0.15) is 0 Å². The lowest BCUT2D eigenvalue weighted by Crippen LogP contribution is -2.29. The minimum absolute atomic E-state index is 0.0184. The van der Waals surface area contributed by atoms with Crippen LogP contribution >= 0.6 is 0 Å². The van der Waals surface area contributed by atoms with Gasteiger partial charge in [0.15, 0.2) is 11.2 Å². The molecule has 0 atom stereocenters. The molecule has 32 heavy (non-hydrogen) atoms. The number of nitrogens with one attached hydrogen (secondary N) is 2. The second kappa shape index (κ2) is 8.30. The van der Waals surface area contributed by atoms with Gasteiger partial charge in [0.2, 0.25) is 5.95 Å². The summed E-state index contributed by atoms with van der Waals surface area (Å²) in [5.41, 5.74) is 4.82. The van der Waals surface area contributed by atoms with Crippen molar-refractivity contribution in [1.82, 2.24) is 19.1 Å². The molecule has 4 rings (SSSR count). The van der Waals surface area contributed by atoms with Gasteiger partial charge in [-0.1, -0.05) is 29.8 Å². The second-order valence-corrected chi connectivity index (χ2v) is 7.22. The van der Waals surface area contributed by atoms with Crippen molar-refractivity contribution >= 4 is 29.0 Å². The van der Waals surface area contributed by atoms with Crippen LogP contribution in [0.2, 0.25) is 0 Å². The molecule has 0 bridgehead atoms. The van der Waals surface area contributed by atoms with Crippen LogP contribution in [0.4, 0.5) is 11.6 Å². The first-order valence-corrected chi connectivity index (χ1v) is 9.62. The summed E-state index contributed by atoms with van der Waals surface area (Å²) in [6.07, 6.45) is 1.47. The molecule has 2 aromatic carbocycles. The highest BCUT2D eigenvalue weighted by Crippen LogP contribution is 2.18. The van der Waals surface area contributed by atoms with Crippen LogP contribution in [-0.2, 0) is 13.6 Å². The van der Waals surface area contributed by atoms with Crippen molar-refractivity contribution in [3.63, 3.8) is 0 Å². The number of nitro benzene ring substituents is 1. The first kappa shape index (κ1) is 20.7. The summed E-state index contributed by atoms with van der Waals surface area (Å²) in [5, 5.41) is 14.9. The molecule has 0 unspecified atom stereocenters. The number of fused-ring (bicyclic) bond motifs is 1. The number of rotatable bonds is 6. The van der Waals surface area contributed by atoms with Gasteiger partial charge in [0, 0.05) is 19.2 Å². The van der Waals surface area contributed by atoms with E-state index in [9.17, 15) is 19.7 Å². The Hall–Kier alpha value is -4.54. The monoisotopic (exact) mass is 433 g/mol. The van der Waals surface area contributed by atoms with E-state index in [-0.39, 0.29) is 22.8 Å². The summed E-state index contributed by atoms with van der Waals surface area (Å²) in [4.78, 5) is 41.6. The Morgan fingerprint density at radius 3 is 2.50 bits per heavy atom. The van der Waals surface area contributed by atoms with Crippen molar-refractivity contribution < 1.29 is 4.92 Å². The zero-order valence-corrected chi connectivity index (χ0v) is 17.3. The van der Waals surface area contributed by atoms with Crippen molar-refractivity contribution in [3.8, 4) is 0 Å². The van der Waals surface area contributed by atoms with Gasteiger partial charge in [-0.15, -0.1) is 0 Å². The summed E-state index contributed by atoms with van der Waals surface area (Å²) in [6, 6.07) is 13.7. The molecule has 0 saturated carbocycles. The molecule has 11 nitrogen and oxygen atoms in total. The minimum Gasteiger partial charge on any atom is -0.298 e. The van der Waals surface area contributed by atoms with Gasteiger partial charge >= 0.3 is 5.69 Å². The minimum atomic E-state index is -0.566. The van der Waals surface area contributed by atoms with E-state index in [1.807, 2.05) is 31.2 Å². The van der Waals surface area contributed by atoms with Gasteiger partial charge in [-0.25, -0.2) is 10.2 Å². The Balaban J connectivity index is 1.72. The fourth-order valence-electron chi connectivity index (χ4n) is 3.20. The molecule has 4 aromatic rings. The summed E-state index contributed by atoms with van der Waals surface area (Å²) in [6.45, 7) is 2.31.